The van der Waals surface area contributed by atoms with Crippen LogP contribution in [0.4, 0.5) is 5.69 Å². The van der Waals surface area contributed by atoms with Crippen LogP contribution in [0.3, 0.4) is 0 Å². The molecule has 1 N–H and O–H groups in total. The summed E-state index contributed by atoms with van der Waals surface area (Å²) in [6.07, 6.45) is 0. The van der Waals surface area contributed by atoms with Gasteiger partial charge in [-0.1, -0.05) is 12.1 Å². The Kier molecular flexibility index (Phi) is 3.01. The van der Waals surface area contributed by atoms with Crippen LogP contribution in [0.25, 0.3) is 0 Å². The number of nitrogens with one attached hydrogen (secondary N) is 1. The van der Waals surface area contributed by atoms with Crippen molar-refractivity contribution in [1.82, 2.24) is 20.2 Å². The lowest BCUT2D eigenvalue weighted by molar-refractivity contribution is 0.628. The smallest absolute Gasteiger partial charge is 0.193 e. The number of aryl methyl sites for hydroxylation is 2. The van der Waals surface area contributed by atoms with E-state index in [-0.39, 0.29) is 0 Å². The van der Waals surface area contributed by atoms with Gasteiger partial charge in [0.2, 0.25) is 0 Å². The maximum Gasteiger partial charge on any atom is 0.193 e. The minimum atomic E-state index is 0.450. The maximum absolute atomic E-state index is 9.06. The van der Waals surface area contributed by atoms with Crippen molar-refractivity contribution in [3.05, 3.63) is 35.2 Å². The van der Waals surface area contributed by atoms with Gasteiger partial charge in [0, 0.05) is 0 Å². The number of nitrogens with zero attached hydrogens (tertiary/aromatic N) is 5. The van der Waals surface area contributed by atoms with Gasteiger partial charge in [0.1, 0.15) is 6.07 Å². The second-order valence-corrected chi connectivity index (χ2v) is 3.66. The van der Waals surface area contributed by atoms with E-state index in [0.717, 1.165) is 11.3 Å². The molecule has 6 heteroatoms. The molecule has 0 atom stereocenters. The minimum absolute atomic E-state index is 0.450. The summed E-state index contributed by atoms with van der Waals surface area (Å²) < 4.78 is 0. The SMILES string of the molecule is Cc1cccc(NCc2nnn(C)n2)c1C#N. The van der Waals surface area contributed by atoms with Gasteiger partial charge in [-0.15, -0.1) is 10.2 Å². The van der Waals surface area contributed by atoms with Crippen LogP contribution in [0.2, 0.25) is 0 Å². The highest BCUT2D eigenvalue weighted by atomic mass is 15.6. The van der Waals surface area contributed by atoms with Crippen LogP contribution < -0.4 is 5.32 Å². The lowest BCUT2D eigenvalue weighted by Crippen LogP contribution is -2.04. The number of tetrazole rings is 1. The molecule has 0 saturated heterocycles. The molecule has 2 aromatic rings. The Morgan fingerprint density at radius 1 is 1.47 bits per heavy atom. The predicted molar refractivity (Wildman–Crippen MR) is 62.0 cm³/mol. The minimum Gasteiger partial charge on any atom is -0.377 e. The van der Waals surface area contributed by atoms with Gasteiger partial charge in [-0.3, -0.25) is 0 Å². The van der Waals surface area contributed by atoms with Gasteiger partial charge in [-0.2, -0.15) is 10.1 Å². The van der Waals surface area contributed by atoms with Crippen molar-refractivity contribution in [1.29, 1.82) is 5.26 Å². The summed E-state index contributed by atoms with van der Waals surface area (Å²) in [5.74, 6) is 0.595. The Balaban J connectivity index is 2.14. The molecule has 1 aromatic carbocycles. The molecule has 2 rings (SSSR count). The molecular formula is C11H12N6. The number of anilines is 1. The van der Waals surface area contributed by atoms with E-state index in [1.54, 1.807) is 7.05 Å². The molecule has 0 amide bonds. The van der Waals surface area contributed by atoms with Gasteiger partial charge in [-0.05, 0) is 23.8 Å². The van der Waals surface area contributed by atoms with Gasteiger partial charge in [0.25, 0.3) is 0 Å². The van der Waals surface area contributed by atoms with Crippen LogP contribution in [0.15, 0.2) is 18.2 Å². The van der Waals surface area contributed by atoms with Gasteiger partial charge >= 0.3 is 0 Å². The third-order valence-corrected chi connectivity index (χ3v) is 2.37. The highest BCUT2D eigenvalue weighted by Gasteiger charge is 2.05. The normalized spacial score (nSPS) is 9.94. The third-order valence-electron chi connectivity index (χ3n) is 2.37. The Bertz CT molecular complexity index is 566. The largest absolute Gasteiger partial charge is 0.377 e. The standard InChI is InChI=1S/C11H12N6/c1-8-4-3-5-10(9(8)6-12)13-7-11-14-16-17(2)15-11/h3-5,13H,7H2,1-2H3. The molecule has 0 bridgehead atoms. The molecule has 17 heavy (non-hydrogen) atoms. The maximum atomic E-state index is 9.06. The van der Waals surface area contributed by atoms with Crippen LogP contribution in [-0.2, 0) is 13.6 Å². The number of benzene rings is 1. The molecule has 86 valence electrons. The number of aromatic nitrogens is 4. The number of nitriles is 1. The second-order valence-electron chi connectivity index (χ2n) is 3.66. The molecule has 0 aliphatic carbocycles. The van der Waals surface area contributed by atoms with Crippen molar-refractivity contribution in [3.63, 3.8) is 0 Å². The van der Waals surface area contributed by atoms with Crippen LogP contribution >= 0.6 is 0 Å². The lowest BCUT2D eigenvalue weighted by atomic mass is 10.1. The lowest BCUT2D eigenvalue weighted by Gasteiger charge is -2.07. The average molecular weight is 228 g/mol. The van der Waals surface area contributed by atoms with E-state index >= 15 is 0 Å². The van der Waals surface area contributed by atoms with E-state index < -0.39 is 0 Å². The first-order valence-electron chi connectivity index (χ1n) is 5.17. The van der Waals surface area contributed by atoms with Gasteiger partial charge in [0.05, 0.1) is 24.8 Å². The Morgan fingerprint density at radius 3 is 2.94 bits per heavy atom. The molecular weight excluding hydrogens is 216 g/mol. The van der Waals surface area contributed by atoms with Crippen molar-refractivity contribution in [2.75, 3.05) is 5.32 Å². The number of hydrogen-bond donors (Lipinski definition) is 1. The summed E-state index contributed by atoms with van der Waals surface area (Å²) in [7, 11) is 1.71. The first kappa shape index (κ1) is 11.1. The van der Waals surface area contributed by atoms with Crippen molar-refractivity contribution < 1.29 is 0 Å². The fourth-order valence-electron chi connectivity index (χ4n) is 1.53. The molecule has 0 saturated carbocycles. The van der Waals surface area contributed by atoms with Crippen LogP contribution in [0.5, 0.6) is 0 Å². The molecule has 0 unspecified atom stereocenters. The number of rotatable bonds is 3. The first-order chi connectivity index (χ1) is 8.20. The molecule has 6 nitrogen and oxygen atoms in total. The van der Waals surface area contributed by atoms with E-state index in [0.29, 0.717) is 17.9 Å². The van der Waals surface area contributed by atoms with Crippen molar-refractivity contribution in [2.45, 2.75) is 13.5 Å². The summed E-state index contributed by atoms with van der Waals surface area (Å²) in [6, 6.07) is 7.86. The van der Waals surface area contributed by atoms with Gasteiger partial charge in [-0.25, -0.2) is 0 Å². The second kappa shape index (κ2) is 4.61. The summed E-state index contributed by atoms with van der Waals surface area (Å²) in [6.45, 7) is 2.36. The zero-order valence-corrected chi connectivity index (χ0v) is 9.68. The summed E-state index contributed by atoms with van der Waals surface area (Å²) in [5.41, 5.74) is 2.39. The summed E-state index contributed by atoms with van der Waals surface area (Å²) in [4.78, 5) is 1.40. The first-order valence-corrected chi connectivity index (χ1v) is 5.17. The zero-order valence-electron chi connectivity index (χ0n) is 9.68. The van der Waals surface area contributed by atoms with Gasteiger partial charge in [0.15, 0.2) is 5.82 Å². The highest BCUT2D eigenvalue weighted by molar-refractivity contribution is 5.60. The van der Waals surface area contributed by atoms with Crippen molar-refractivity contribution in [3.8, 4) is 6.07 Å². The van der Waals surface area contributed by atoms with E-state index in [2.05, 4.69) is 26.8 Å². The molecule has 1 heterocycles. The topological polar surface area (TPSA) is 79.4 Å². The molecule has 0 aliphatic heterocycles. The fraction of sp³-hybridized carbons (Fsp3) is 0.273. The molecule has 0 aliphatic rings. The predicted octanol–water partition coefficient (Wildman–Crippen LogP) is 1.00. The molecule has 1 aromatic heterocycles. The molecule has 0 fully saturated rings. The molecule has 0 radical (unpaired) electrons. The highest BCUT2D eigenvalue weighted by Crippen LogP contribution is 2.18. The van der Waals surface area contributed by atoms with Crippen molar-refractivity contribution >= 4 is 5.69 Å². The average Bonchev–Trinajstić information content (AvgIpc) is 2.72. The monoisotopic (exact) mass is 228 g/mol. The van der Waals surface area contributed by atoms with E-state index in [1.807, 2.05) is 25.1 Å². The zero-order chi connectivity index (χ0) is 12.3. The van der Waals surface area contributed by atoms with Crippen LogP contribution in [0.1, 0.15) is 17.0 Å². The number of hydrogen-bond acceptors (Lipinski definition) is 5. The van der Waals surface area contributed by atoms with Crippen LogP contribution in [-0.4, -0.2) is 20.2 Å². The molecule has 0 spiro atoms. The Labute approximate surface area is 98.9 Å². The van der Waals surface area contributed by atoms with E-state index in [9.17, 15) is 0 Å². The van der Waals surface area contributed by atoms with E-state index in [1.165, 1.54) is 4.80 Å². The van der Waals surface area contributed by atoms with Crippen LogP contribution in [0, 0.1) is 18.3 Å². The third kappa shape index (κ3) is 2.39. The van der Waals surface area contributed by atoms with Crippen molar-refractivity contribution in [2.24, 2.45) is 7.05 Å². The quantitative estimate of drug-likeness (QED) is 0.847. The summed E-state index contributed by atoms with van der Waals surface area (Å²) in [5, 5.41) is 23.9. The Hall–Kier alpha value is -2.42. The summed E-state index contributed by atoms with van der Waals surface area (Å²) >= 11 is 0. The van der Waals surface area contributed by atoms with E-state index in [4.69, 9.17) is 5.26 Å². The van der Waals surface area contributed by atoms with Gasteiger partial charge < -0.3 is 5.32 Å². The fourth-order valence-corrected chi connectivity index (χ4v) is 1.53. The Morgan fingerprint density at radius 2 is 2.29 bits per heavy atom.